The van der Waals surface area contributed by atoms with Crippen LogP contribution in [0.5, 0.6) is 5.75 Å². The highest BCUT2D eigenvalue weighted by molar-refractivity contribution is 5.53. The molecule has 0 bridgehead atoms. The summed E-state index contributed by atoms with van der Waals surface area (Å²) >= 11 is 0. The molecule has 2 heteroatoms. The van der Waals surface area contributed by atoms with Crippen LogP contribution in [-0.2, 0) is 0 Å². The number of benzene rings is 1. The van der Waals surface area contributed by atoms with E-state index in [2.05, 4.69) is 44.3 Å². The second-order valence-corrected chi connectivity index (χ2v) is 5.26. The van der Waals surface area contributed by atoms with Crippen molar-refractivity contribution in [2.24, 2.45) is 0 Å². The summed E-state index contributed by atoms with van der Waals surface area (Å²) in [6.45, 7) is 11.5. The van der Waals surface area contributed by atoms with Crippen LogP contribution in [0.2, 0.25) is 0 Å². The summed E-state index contributed by atoms with van der Waals surface area (Å²) in [6.07, 6.45) is 2.43. The molecule has 100 valence electrons. The van der Waals surface area contributed by atoms with E-state index in [0.717, 1.165) is 12.3 Å². The standard InChI is InChI=1S/C16H25NO/c1-12(2)17-11-14(5)10-15-6-8-16(9-7-15)18-13(3)4/h6-10,12-13,17H,11H2,1-5H3. The molecule has 0 fully saturated rings. The Morgan fingerprint density at radius 1 is 1.17 bits per heavy atom. The molecule has 0 aliphatic rings. The Bertz CT molecular complexity index is 377. The minimum absolute atomic E-state index is 0.225. The molecule has 0 aliphatic heterocycles. The molecular weight excluding hydrogens is 222 g/mol. The lowest BCUT2D eigenvalue weighted by atomic mass is 10.1. The Labute approximate surface area is 111 Å². The molecule has 0 aromatic heterocycles. The topological polar surface area (TPSA) is 21.3 Å². The fourth-order valence-corrected chi connectivity index (χ4v) is 1.62. The quantitative estimate of drug-likeness (QED) is 0.824. The SMILES string of the molecule is CC(=Cc1ccc(OC(C)C)cc1)CNC(C)C. The molecule has 2 nitrogen and oxygen atoms in total. The van der Waals surface area contributed by atoms with Crippen molar-refractivity contribution in [2.75, 3.05) is 6.54 Å². The van der Waals surface area contributed by atoms with Crippen molar-refractivity contribution >= 4 is 6.08 Å². The lowest BCUT2D eigenvalue weighted by Gasteiger charge is -2.10. The number of hydrogen-bond donors (Lipinski definition) is 1. The zero-order valence-corrected chi connectivity index (χ0v) is 12.2. The first-order valence-electron chi connectivity index (χ1n) is 6.64. The van der Waals surface area contributed by atoms with Crippen molar-refractivity contribution < 1.29 is 4.74 Å². The van der Waals surface area contributed by atoms with Crippen LogP contribution in [0.4, 0.5) is 0 Å². The molecular formula is C16H25NO. The molecule has 0 unspecified atom stereocenters. The minimum atomic E-state index is 0.225. The van der Waals surface area contributed by atoms with Crippen molar-refractivity contribution in [3.8, 4) is 5.75 Å². The fraction of sp³-hybridized carbons (Fsp3) is 0.500. The van der Waals surface area contributed by atoms with Crippen LogP contribution in [0.3, 0.4) is 0 Å². The lowest BCUT2D eigenvalue weighted by molar-refractivity contribution is 0.242. The van der Waals surface area contributed by atoms with Gasteiger partial charge >= 0.3 is 0 Å². The zero-order chi connectivity index (χ0) is 13.5. The van der Waals surface area contributed by atoms with E-state index in [-0.39, 0.29) is 6.10 Å². The number of rotatable bonds is 6. The third-order valence-electron chi connectivity index (χ3n) is 2.45. The largest absolute Gasteiger partial charge is 0.491 e. The van der Waals surface area contributed by atoms with Crippen LogP contribution >= 0.6 is 0 Å². The second kappa shape index (κ2) is 7.22. The van der Waals surface area contributed by atoms with Crippen LogP contribution < -0.4 is 10.1 Å². The predicted molar refractivity (Wildman–Crippen MR) is 79.0 cm³/mol. The molecule has 1 aromatic carbocycles. The van der Waals surface area contributed by atoms with Gasteiger partial charge in [-0.3, -0.25) is 0 Å². The van der Waals surface area contributed by atoms with Gasteiger partial charge in [0.2, 0.25) is 0 Å². The summed E-state index contributed by atoms with van der Waals surface area (Å²) in [6, 6.07) is 8.76. The fourth-order valence-electron chi connectivity index (χ4n) is 1.62. The Morgan fingerprint density at radius 2 is 1.78 bits per heavy atom. The zero-order valence-electron chi connectivity index (χ0n) is 12.2. The molecule has 0 aliphatic carbocycles. The van der Waals surface area contributed by atoms with Gasteiger partial charge in [0, 0.05) is 12.6 Å². The summed E-state index contributed by atoms with van der Waals surface area (Å²) in [5, 5.41) is 3.41. The normalized spacial score (nSPS) is 12.3. The lowest BCUT2D eigenvalue weighted by Crippen LogP contribution is -2.24. The molecule has 0 radical (unpaired) electrons. The van der Waals surface area contributed by atoms with E-state index in [0.29, 0.717) is 6.04 Å². The summed E-state index contributed by atoms with van der Waals surface area (Å²) in [4.78, 5) is 0. The smallest absolute Gasteiger partial charge is 0.119 e. The van der Waals surface area contributed by atoms with Crippen LogP contribution in [0.15, 0.2) is 29.8 Å². The number of nitrogens with one attached hydrogen (secondary N) is 1. The van der Waals surface area contributed by atoms with Gasteiger partial charge in [-0.25, -0.2) is 0 Å². The predicted octanol–water partition coefficient (Wildman–Crippen LogP) is 3.88. The van der Waals surface area contributed by atoms with Crippen molar-refractivity contribution in [1.82, 2.24) is 5.32 Å². The number of ether oxygens (including phenoxy) is 1. The summed E-state index contributed by atoms with van der Waals surface area (Å²) < 4.78 is 5.62. The van der Waals surface area contributed by atoms with Gasteiger partial charge in [0.25, 0.3) is 0 Å². The molecule has 1 N–H and O–H groups in total. The van der Waals surface area contributed by atoms with Gasteiger partial charge in [0.05, 0.1) is 6.10 Å². The highest BCUT2D eigenvalue weighted by Crippen LogP contribution is 2.15. The molecule has 1 rings (SSSR count). The average Bonchev–Trinajstić information content (AvgIpc) is 2.28. The Kier molecular flexibility index (Phi) is 5.93. The van der Waals surface area contributed by atoms with Crippen LogP contribution in [-0.4, -0.2) is 18.7 Å². The summed E-state index contributed by atoms with van der Waals surface area (Å²) in [7, 11) is 0. The van der Waals surface area contributed by atoms with E-state index in [1.54, 1.807) is 0 Å². The summed E-state index contributed by atoms with van der Waals surface area (Å²) in [5.41, 5.74) is 2.55. The van der Waals surface area contributed by atoms with Crippen LogP contribution in [0.25, 0.3) is 6.08 Å². The van der Waals surface area contributed by atoms with Gasteiger partial charge in [-0.2, -0.15) is 0 Å². The molecule has 0 spiro atoms. The molecule has 18 heavy (non-hydrogen) atoms. The number of hydrogen-bond acceptors (Lipinski definition) is 2. The molecule has 0 amide bonds. The van der Waals surface area contributed by atoms with Crippen LogP contribution in [0.1, 0.15) is 40.2 Å². The van der Waals surface area contributed by atoms with Crippen molar-refractivity contribution in [3.63, 3.8) is 0 Å². The van der Waals surface area contributed by atoms with Crippen molar-refractivity contribution in [3.05, 3.63) is 35.4 Å². The van der Waals surface area contributed by atoms with Gasteiger partial charge in [-0.15, -0.1) is 0 Å². The summed E-state index contributed by atoms with van der Waals surface area (Å²) in [5.74, 6) is 0.931. The third-order valence-corrected chi connectivity index (χ3v) is 2.45. The van der Waals surface area contributed by atoms with E-state index in [4.69, 9.17) is 4.74 Å². The first-order chi connectivity index (χ1) is 8.47. The molecule has 0 saturated carbocycles. The Morgan fingerprint density at radius 3 is 2.28 bits per heavy atom. The van der Waals surface area contributed by atoms with E-state index >= 15 is 0 Å². The van der Waals surface area contributed by atoms with Crippen molar-refractivity contribution in [2.45, 2.75) is 46.8 Å². The van der Waals surface area contributed by atoms with Crippen molar-refractivity contribution in [1.29, 1.82) is 0 Å². The monoisotopic (exact) mass is 247 g/mol. The second-order valence-electron chi connectivity index (χ2n) is 5.26. The Balaban J connectivity index is 2.59. The maximum atomic E-state index is 5.62. The van der Waals surface area contributed by atoms with Gasteiger partial charge in [-0.1, -0.05) is 37.6 Å². The van der Waals surface area contributed by atoms with E-state index in [9.17, 15) is 0 Å². The molecule has 0 atom stereocenters. The van der Waals surface area contributed by atoms with E-state index in [1.807, 2.05) is 26.0 Å². The van der Waals surface area contributed by atoms with E-state index in [1.165, 1.54) is 11.1 Å². The van der Waals surface area contributed by atoms with E-state index < -0.39 is 0 Å². The molecule has 1 aromatic rings. The molecule has 0 heterocycles. The van der Waals surface area contributed by atoms with Gasteiger partial charge < -0.3 is 10.1 Å². The van der Waals surface area contributed by atoms with Gasteiger partial charge in [0.15, 0.2) is 0 Å². The molecule has 0 saturated heterocycles. The van der Waals surface area contributed by atoms with Crippen LogP contribution in [0, 0.1) is 0 Å². The minimum Gasteiger partial charge on any atom is -0.491 e. The first kappa shape index (κ1) is 14.8. The first-order valence-corrected chi connectivity index (χ1v) is 6.64. The maximum absolute atomic E-state index is 5.62. The van der Waals surface area contributed by atoms with Gasteiger partial charge in [-0.05, 0) is 38.5 Å². The highest BCUT2D eigenvalue weighted by Gasteiger charge is 1.98. The third kappa shape index (κ3) is 5.87. The van der Waals surface area contributed by atoms with Gasteiger partial charge in [0.1, 0.15) is 5.75 Å². The highest BCUT2D eigenvalue weighted by atomic mass is 16.5. The average molecular weight is 247 g/mol. The Hall–Kier alpha value is -1.28. The maximum Gasteiger partial charge on any atom is 0.119 e.